The number of rotatable bonds is 7. The van der Waals surface area contributed by atoms with E-state index < -0.39 is 0 Å². The van der Waals surface area contributed by atoms with Crippen LogP contribution in [0, 0.1) is 5.82 Å². The number of piperazine rings is 1. The number of nitrogens with one attached hydrogen (secondary N) is 1. The van der Waals surface area contributed by atoms with Gasteiger partial charge in [0.2, 0.25) is 0 Å². The fraction of sp³-hybridized carbons (Fsp3) is 0.381. The standard InChI is InChI=1S/C21H26FN3O2/c1-2-27-20-9-3-17(4-10-20)21(26)23-11-12-24-13-15-25(16-14-24)19-7-5-18(22)6-8-19/h3-10H,2,11-16H2,1H3,(H,23,26). The van der Waals surface area contributed by atoms with Gasteiger partial charge in [0, 0.05) is 50.5 Å². The maximum atomic E-state index is 13.0. The normalized spacial score (nSPS) is 14.8. The van der Waals surface area contributed by atoms with E-state index in [2.05, 4.69) is 15.1 Å². The first-order valence-electron chi connectivity index (χ1n) is 9.39. The Morgan fingerprint density at radius 3 is 2.33 bits per heavy atom. The lowest BCUT2D eigenvalue weighted by Crippen LogP contribution is -2.48. The van der Waals surface area contributed by atoms with Crippen LogP contribution in [-0.4, -0.2) is 56.7 Å². The summed E-state index contributed by atoms with van der Waals surface area (Å²) in [5, 5.41) is 2.97. The van der Waals surface area contributed by atoms with Crippen molar-refractivity contribution in [1.82, 2.24) is 10.2 Å². The summed E-state index contributed by atoms with van der Waals surface area (Å²) in [6.07, 6.45) is 0. The maximum absolute atomic E-state index is 13.0. The van der Waals surface area contributed by atoms with Gasteiger partial charge in [-0.15, -0.1) is 0 Å². The van der Waals surface area contributed by atoms with E-state index in [1.165, 1.54) is 12.1 Å². The SMILES string of the molecule is CCOc1ccc(C(=O)NCCN2CCN(c3ccc(F)cc3)CC2)cc1. The Balaban J connectivity index is 1.38. The number of halogens is 1. The second kappa shape index (κ2) is 9.37. The van der Waals surface area contributed by atoms with E-state index in [1.807, 2.05) is 31.2 Å². The molecule has 0 aromatic heterocycles. The van der Waals surface area contributed by atoms with Crippen LogP contribution in [0.4, 0.5) is 10.1 Å². The maximum Gasteiger partial charge on any atom is 0.251 e. The molecule has 1 aliphatic heterocycles. The van der Waals surface area contributed by atoms with Crippen LogP contribution in [0.15, 0.2) is 48.5 Å². The van der Waals surface area contributed by atoms with Crippen LogP contribution in [0.2, 0.25) is 0 Å². The Morgan fingerprint density at radius 1 is 1.04 bits per heavy atom. The van der Waals surface area contributed by atoms with Gasteiger partial charge >= 0.3 is 0 Å². The van der Waals surface area contributed by atoms with Gasteiger partial charge in [-0.3, -0.25) is 9.69 Å². The molecular weight excluding hydrogens is 345 g/mol. The molecule has 0 unspecified atom stereocenters. The van der Waals surface area contributed by atoms with Gasteiger partial charge in [-0.25, -0.2) is 4.39 Å². The van der Waals surface area contributed by atoms with Crippen LogP contribution in [0.25, 0.3) is 0 Å². The largest absolute Gasteiger partial charge is 0.494 e. The van der Waals surface area contributed by atoms with Gasteiger partial charge < -0.3 is 15.0 Å². The predicted molar refractivity (Wildman–Crippen MR) is 105 cm³/mol. The lowest BCUT2D eigenvalue weighted by Gasteiger charge is -2.36. The van der Waals surface area contributed by atoms with Crippen LogP contribution in [-0.2, 0) is 0 Å². The van der Waals surface area contributed by atoms with Gasteiger partial charge in [0.05, 0.1) is 6.61 Å². The molecule has 6 heteroatoms. The number of amides is 1. The van der Waals surface area contributed by atoms with Crippen LogP contribution in [0.1, 0.15) is 17.3 Å². The molecule has 5 nitrogen and oxygen atoms in total. The third-order valence-electron chi connectivity index (χ3n) is 4.71. The molecule has 0 radical (unpaired) electrons. The summed E-state index contributed by atoms with van der Waals surface area (Å²) in [6.45, 7) is 7.63. The molecule has 1 N–H and O–H groups in total. The summed E-state index contributed by atoms with van der Waals surface area (Å²) in [5.41, 5.74) is 1.69. The topological polar surface area (TPSA) is 44.8 Å². The lowest BCUT2D eigenvalue weighted by molar-refractivity contribution is 0.0947. The molecule has 1 saturated heterocycles. The summed E-state index contributed by atoms with van der Waals surface area (Å²) in [5.74, 6) is 0.497. The van der Waals surface area contributed by atoms with Gasteiger partial charge in [0.25, 0.3) is 5.91 Å². The van der Waals surface area contributed by atoms with Crippen LogP contribution >= 0.6 is 0 Å². The van der Waals surface area contributed by atoms with E-state index in [4.69, 9.17) is 4.74 Å². The number of hydrogen-bond acceptors (Lipinski definition) is 4. The van der Waals surface area contributed by atoms with E-state index in [0.29, 0.717) is 18.7 Å². The fourth-order valence-corrected chi connectivity index (χ4v) is 3.18. The molecule has 0 aliphatic carbocycles. The lowest BCUT2D eigenvalue weighted by atomic mass is 10.2. The third kappa shape index (κ3) is 5.44. The quantitative estimate of drug-likeness (QED) is 0.813. The van der Waals surface area contributed by atoms with E-state index in [1.54, 1.807) is 12.1 Å². The third-order valence-corrected chi connectivity index (χ3v) is 4.71. The molecule has 1 heterocycles. The minimum atomic E-state index is -0.208. The molecule has 2 aromatic rings. The van der Waals surface area contributed by atoms with Gasteiger partial charge in [-0.1, -0.05) is 0 Å². The van der Waals surface area contributed by atoms with Crippen LogP contribution in [0.3, 0.4) is 0 Å². The number of nitrogens with zero attached hydrogens (tertiary/aromatic N) is 2. The second-order valence-corrected chi connectivity index (χ2v) is 6.52. The summed E-state index contributed by atoms with van der Waals surface area (Å²) >= 11 is 0. The minimum Gasteiger partial charge on any atom is -0.494 e. The summed E-state index contributed by atoms with van der Waals surface area (Å²) in [7, 11) is 0. The number of anilines is 1. The number of carbonyl (C=O) groups is 1. The Labute approximate surface area is 159 Å². The molecule has 0 bridgehead atoms. The first-order valence-corrected chi connectivity index (χ1v) is 9.39. The van der Waals surface area contributed by atoms with Gasteiger partial charge in [-0.2, -0.15) is 0 Å². The van der Waals surface area contributed by atoms with Crippen molar-refractivity contribution in [2.24, 2.45) is 0 Å². The Hall–Kier alpha value is -2.60. The monoisotopic (exact) mass is 371 g/mol. The Bertz CT molecular complexity index is 726. The molecule has 144 valence electrons. The molecule has 0 saturated carbocycles. The van der Waals surface area contributed by atoms with Crippen molar-refractivity contribution < 1.29 is 13.9 Å². The average molecular weight is 371 g/mol. The molecular formula is C21H26FN3O2. The summed E-state index contributed by atoms with van der Waals surface area (Å²) in [6, 6.07) is 13.8. The minimum absolute atomic E-state index is 0.0667. The van der Waals surface area contributed by atoms with Gasteiger partial charge in [-0.05, 0) is 55.5 Å². The molecule has 2 aromatic carbocycles. The highest BCUT2D eigenvalue weighted by atomic mass is 19.1. The zero-order valence-electron chi connectivity index (χ0n) is 15.7. The predicted octanol–water partition coefficient (Wildman–Crippen LogP) is 2.78. The van der Waals surface area contributed by atoms with Crippen molar-refractivity contribution in [3.63, 3.8) is 0 Å². The van der Waals surface area contributed by atoms with E-state index in [0.717, 1.165) is 44.2 Å². The van der Waals surface area contributed by atoms with E-state index >= 15 is 0 Å². The fourth-order valence-electron chi connectivity index (χ4n) is 3.18. The molecule has 1 aliphatic rings. The first kappa shape index (κ1) is 19.2. The molecule has 27 heavy (non-hydrogen) atoms. The highest BCUT2D eigenvalue weighted by Crippen LogP contribution is 2.16. The van der Waals surface area contributed by atoms with Crippen molar-refractivity contribution in [1.29, 1.82) is 0 Å². The van der Waals surface area contributed by atoms with Crippen molar-refractivity contribution in [2.45, 2.75) is 6.92 Å². The number of carbonyl (C=O) groups excluding carboxylic acids is 1. The molecule has 1 amide bonds. The van der Waals surface area contributed by atoms with Crippen molar-refractivity contribution >= 4 is 11.6 Å². The van der Waals surface area contributed by atoms with Crippen molar-refractivity contribution in [3.05, 3.63) is 59.9 Å². The summed E-state index contributed by atoms with van der Waals surface area (Å²) < 4.78 is 18.4. The smallest absolute Gasteiger partial charge is 0.251 e. The number of benzene rings is 2. The summed E-state index contributed by atoms with van der Waals surface area (Å²) in [4.78, 5) is 16.8. The highest BCUT2D eigenvalue weighted by Gasteiger charge is 2.17. The molecule has 0 atom stereocenters. The van der Waals surface area contributed by atoms with Crippen LogP contribution < -0.4 is 15.0 Å². The van der Waals surface area contributed by atoms with Crippen LogP contribution in [0.5, 0.6) is 5.75 Å². The Kier molecular flexibility index (Phi) is 6.65. The van der Waals surface area contributed by atoms with E-state index in [9.17, 15) is 9.18 Å². The highest BCUT2D eigenvalue weighted by molar-refractivity contribution is 5.94. The molecule has 1 fully saturated rings. The van der Waals surface area contributed by atoms with Gasteiger partial charge in [0.1, 0.15) is 11.6 Å². The first-order chi connectivity index (χ1) is 13.2. The zero-order chi connectivity index (χ0) is 19.1. The average Bonchev–Trinajstić information content (AvgIpc) is 2.70. The zero-order valence-corrected chi connectivity index (χ0v) is 15.7. The molecule has 0 spiro atoms. The Morgan fingerprint density at radius 2 is 1.70 bits per heavy atom. The molecule has 3 rings (SSSR count). The van der Waals surface area contributed by atoms with Crippen molar-refractivity contribution in [3.8, 4) is 5.75 Å². The number of hydrogen-bond donors (Lipinski definition) is 1. The second-order valence-electron chi connectivity index (χ2n) is 6.52. The number of ether oxygens (including phenoxy) is 1. The van der Waals surface area contributed by atoms with Crippen molar-refractivity contribution in [2.75, 3.05) is 50.8 Å². The van der Waals surface area contributed by atoms with E-state index in [-0.39, 0.29) is 11.7 Å². The van der Waals surface area contributed by atoms with Gasteiger partial charge in [0.15, 0.2) is 0 Å².